The summed E-state index contributed by atoms with van der Waals surface area (Å²) in [7, 11) is -0.714. The fourth-order valence-corrected chi connectivity index (χ4v) is 4.93. The van der Waals surface area contributed by atoms with Crippen LogP contribution in [0.15, 0.2) is 0 Å². The third-order valence-corrected chi connectivity index (χ3v) is 6.69. The van der Waals surface area contributed by atoms with Crippen LogP contribution in [0.1, 0.15) is 26.7 Å². The van der Waals surface area contributed by atoms with Crippen molar-refractivity contribution in [3.05, 3.63) is 0 Å². The maximum Gasteiger partial charge on any atom is 0.455 e. The Morgan fingerprint density at radius 2 is 1.00 bits per heavy atom. The average Bonchev–Trinajstić information content (AvgIpc) is 2.50. The van der Waals surface area contributed by atoms with Gasteiger partial charge in [-0.1, -0.05) is 13.8 Å². The van der Waals surface area contributed by atoms with Crippen LogP contribution in [0.4, 0.5) is 43.9 Å². The summed E-state index contributed by atoms with van der Waals surface area (Å²) in [5, 5.41) is 0. The van der Waals surface area contributed by atoms with E-state index in [1.165, 1.54) is 0 Å². The van der Waals surface area contributed by atoms with Crippen molar-refractivity contribution in [3.8, 4) is 0 Å². The summed E-state index contributed by atoms with van der Waals surface area (Å²) in [5.41, 5.74) is 0. The fourth-order valence-electron chi connectivity index (χ4n) is 2.16. The average molecular weight is 470 g/mol. The normalized spacial score (nSPS) is 14.3. The maximum absolute atomic E-state index is 12.7. The van der Waals surface area contributed by atoms with Gasteiger partial charge in [0.05, 0.1) is 0 Å². The molecule has 0 N–H and O–H groups in total. The predicted octanol–water partition coefficient (Wildman–Crippen LogP) is 6.33. The molecule has 0 aromatic heterocycles. The van der Waals surface area contributed by atoms with Gasteiger partial charge < -0.3 is 9.47 Å². The van der Waals surface area contributed by atoms with Crippen molar-refractivity contribution in [1.82, 2.24) is 0 Å². The van der Waals surface area contributed by atoms with Gasteiger partial charge in [0.1, 0.15) is 13.2 Å². The maximum atomic E-state index is 12.7. The molecule has 0 heterocycles. The molecule has 0 saturated heterocycles. The molecule has 0 unspecified atom stereocenters. The Hall–Kier alpha value is -0.350. The van der Waals surface area contributed by atoms with Crippen LogP contribution in [0.25, 0.3) is 0 Å². The van der Waals surface area contributed by atoms with Gasteiger partial charge in [-0.25, -0.2) is 0 Å². The largest absolute Gasteiger partial charge is 0.455 e. The molecule has 0 saturated carbocycles. The zero-order chi connectivity index (χ0) is 22.9. The molecule has 0 aliphatic rings. The summed E-state index contributed by atoms with van der Waals surface area (Å²) in [5.74, 6) is -9.59. The summed E-state index contributed by atoms with van der Waals surface area (Å²) in [6.07, 6.45) is -9.18. The summed E-state index contributed by atoms with van der Waals surface area (Å²) >= 11 is 0. The Morgan fingerprint density at radius 3 is 1.28 bits per heavy atom. The smallest absolute Gasteiger partial charge is 0.375 e. The number of alkyl halides is 10. The van der Waals surface area contributed by atoms with E-state index in [1.54, 1.807) is 0 Å². The van der Waals surface area contributed by atoms with Gasteiger partial charge in [-0.05, 0) is 37.2 Å². The van der Waals surface area contributed by atoms with Crippen LogP contribution in [0, 0.1) is 5.92 Å². The van der Waals surface area contributed by atoms with Gasteiger partial charge in [0.2, 0.25) is 0 Å². The van der Waals surface area contributed by atoms with E-state index >= 15 is 0 Å². The van der Waals surface area contributed by atoms with Crippen LogP contribution < -0.4 is 0 Å². The van der Waals surface area contributed by atoms with Crippen molar-refractivity contribution in [3.63, 3.8) is 0 Å². The molecule has 2 nitrogen and oxygen atoms in total. The zero-order valence-corrected chi connectivity index (χ0v) is 16.9. The molecule has 0 atom stereocenters. The van der Waals surface area contributed by atoms with Gasteiger partial charge in [0.25, 0.3) is 0 Å². The van der Waals surface area contributed by atoms with E-state index in [0.29, 0.717) is 12.3 Å². The molecule has 0 aromatic carbocycles. The molecule has 0 fully saturated rings. The Labute approximate surface area is 164 Å². The minimum absolute atomic E-state index is 0.235. The van der Waals surface area contributed by atoms with E-state index in [-0.39, 0.29) is 32.0 Å². The molecule has 0 spiro atoms. The molecular weight excluding hydrogens is 445 g/mol. The third-order valence-electron chi connectivity index (χ3n) is 3.55. The van der Waals surface area contributed by atoms with Gasteiger partial charge in [-0.15, -0.1) is 7.92 Å². The summed E-state index contributed by atoms with van der Waals surface area (Å²) in [6.45, 7) is -0.292. The first-order valence-electron chi connectivity index (χ1n) is 8.76. The Kier molecular flexibility index (Phi) is 11.7. The Balaban J connectivity index is 4.19. The molecule has 0 amide bonds. The van der Waals surface area contributed by atoms with Crippen molar-refractivity contribution in [1.29, 1.82) is 0 Å². The molecule has 13 heteroatoms. The molecule has 0 aliphatic carbocycles. The first kappa shape index (κ1) is 28.6. The molecule has 0 rings (SSSR count). The lowest BCUT2D eigenvalue weighted by Gasteiger charge is -2.22. The standard InChI is InChI=1S/C16H25F10O2P/c1-12(2)9-29(7-3-5-27-10-13(17,18)15(21,22)23)8-4-6-28-11-14(19,20)16(24,25)26/h12H,3-11H2,1-2H3. The van der Waals surface area contributed by atoms with Gasteiger partial charge in [0.15, 0.2) is 0 Å². The van der Waals surface area contributed by atoms with E-state index in [0.717, 1.165) is 6.16 Å². The minimum Gasteiger partial charge on any atom is -0.375 e. The molecule has 176 valence electrons. The Morgan fingerprint density at radius 1 is 0.655 bits per heavy atom. The topological polar surface area (TPSA) is 18.5 Å². The number of hydrogen-bond donors (Lipinski definition) is 0. The number of rotatable bonds is 14. The van der Waals surface area contributed by atoms with Gasteiger partial charge in [-0.3, -0.25) is 0 Å². The van der Waals surface area contributed by atoms with Crippen LogP contribution >= 0.6 is 7.92 Å². The number of halogens is 10. The molecule has 0 bridgehead atoms. The summed E-state index contributed by atoms with van der Waals surface area (Å²) in [6, 6.07) is 0. The highest BCUT2D eigenvalue weighted by molar-refractivity contribution is 7.57. The van der Waals surface area contributed by atoms with Gasteiger partial charge in [0, 0.05) is 13.2 Å². The first-order valence-corrected chi connectivity index (χ1v) is 10.7. The SMILES string of the molecule is CC(C)CP(CCCOCC(F)(F)C(F)(F)F)CCCOCC(F)(F)C(F)(F)F. The second-order valence-electron chi connectivity index (χ2n) is 6.91. The van der Waals surface area contributed by atoms with E-state index in [1.807, 2.05) is 13.8 Å². The zero-order valence-electron chi connectivity index (χ0n) is 16.0. The third kappa shape index (κ3) is 11.6. The highest BCUT2D eigenvalue weighted by atomic mass is 31.1. The van der Waals surface area contributed by atoms with Crippen molar-refractivity contribution >= 4 is 7.92 Å². The van der Waals surface area contributed by atoms with Crippen molar-refractivity contribution in [2.24, 2.45) is 5.92 Å². The second-order valence-corrected chi connectivity index (χ2v) is 9.51. The van der Waals surface area contributed by atoms with Crippen LogP contribution in [0.5, 0.6) is 0 Å². The highest BCUT2D eigenvalue weighted by Crippen LogP contribution is 2.40. The van der Waals surface area contributed by atoms with Crippen LogP contribution in [-0.4, -0.2) is 69.1 Å². The van der Waals surface area contributed by atoms with Gasteiger partial charge in [-0.2, -0.15) is 43.9 Å². The number of ether oxygens (including phenoxy) is 2. The Bertz CT molecular complexity index is 416. The highest BCUT2D eigenvalue weighted by Gasteiger charge is 2.58. The van der Waals surface area contributed by atoms with Crippen molar-refractivity contribution < 1.29 is 53.4 Å². The monoisotopic (exact) mass is 470 g/mol. The van der Waals surface area contributed by atoms with E-state index < -0.39 is 45.3 Å². The lowest BCUT2D eigenvalue weighted by molar-refractivity contribution is -0.296. The van der Waals surface area contributed by atoms with Crippen LogP contribution in [0.3, 0.4) is 0 Å². The lowest BCUT2D eigenvalue weighted by atomic mass is 10.3. The summed E-state index contributed by atoms with van der Waals surface area (Å²) < 4.78 is 132. The molecule has 0 aromatic rings. The van der Waals surface area contributed by atoms with Crippen molar-refractivity contribution in [2.75, 3.05) is 44.9 Å². The molecular formula is C16H25F10O2P. The predicted molar refractivity (Wildman–Crippen MR) is 89.2 cm³/mol. The minimum atomic E-state index is -5.68. The van der Waals surface area contributed by atoms with Crippen LogP contribution in [0.2, 0.25) is 0 Å². The van der Waals surface area contributed by atoms with E-state index in [9.17, 15) is 43.9 Å². The summed E-state index contributed by atoms with van der Waals surface area (Å²) in [4.78, 5) is 0. The number of hydrogen-bond acceptors (Lipinski definition) is 2. The molecule has 0 aliphatic heterocycles. The van der Waals surface area contributed by atoms with Gasteiger partial charge >= 0.3 is 24.2 Å². The lowest BCUT2D eigenvalue weighted by Crippen LogP contribution is -2.40. The van der Waals surface area contributed by atoms with E-state index in [2.05, 4.69) is 9.47 Å². The molecule has 29 heavy (non-hydrogen) atoms. The van der Waals surface area contributed by atoms with Crippen LogP contribution in [-0.2, 0) is 9.47 Å². The molecule has 0 radical (unpaired) electrons. The first-order chi connectivity index (χ1) is 13.0. The van der Waals surface area contributed by atoms with E-state index in [4.69, 9.17) is 0 Å². The second kappa shape index (κ2) is 11.9. The quantitative estimate of drug-likeness (QED) is 0.168. The van der Waals surface area contributed by atoms with Crippen molar-refractivity contribution in [2.45, 2.75) is 50.9 Å². The fraction of sp³-hybridized carbons (Fsp3) is 1.00.